The molecule has 0 aliphatic heterocycles. The normalized spacial score (nSPS) is 11.0. The predicted octanol–water partition coefficient (Wildman–Crippen LogP) is 4.55. The molecule has 0 fully saturated rings. The number of benzene rings is 2. The number of hydrogen-bond donors (Lipinski definition) is 1. The van der Waals surface area contributed by atoms with Gasteiger partial charge < -0.3 is 8.92 Å². The summed E-state index contributed by atoms with van der Waals surface area (Å²) in [6.45, 7) is 1.91. The number of carbonyl (C=O) groups is 1. The summed E-state index contributed by atoms with van der Waals surface area (Å²) in [5.74, 6) is 0.0659. The summed E-state index contributed by atoms with van der Waals surface area (Å²) in [5.41, 5.74) is 0.356. The molecular weight excluding hydrogens is 466 g/mol. The first-order valence-corrected chi connectivity index (χ1v) is 9.74. The van der Waals surface area contributed by atoms with E-state index in [9.17, 15) is 13.2 Å². The van der Waals surface area contributed by atoms with Crippen LogP contribution in [-0.2, 0) is 14.9 Å². The average molecular weight is 479 g/mol. The molecule has 2 aromatic rings. The molecule has 0 heterocycles. The third-order valence-corrected chi connectivity index (χ3v) is 5.46. The fourth-order valence-electron chi connectivity index (χ4n) is 1.75. The average Bonchev–Trinajstić information content (AvgIpc) is 2.49. The molecule has 6 nitrogen and oxygen atoms in total. The smallest absolute Gasteiger partial charge is 0.411 e. The number of anilines is 1. The highest BCUT2D eigenvalue weighted by molar-refractivity contribution is 9.11. The Hall–Kier alpha value is -1.58. The molecular formula is C15H13Br2NO5S. The quantitative estimate of drug-likeness (QED) is 0.637. The van der Waals surface area contributed by atoms with Crippen LogP contribution < -0.4 is 9.50 Å². The fraction of sp³-hybridized carbons (Fsp3) is 0.133. The maximum absolute atomic E-state index is 12.4. The maximum Gasteiger partial charge on any atom is 0.411 e. The Morgan fingerprint density at radius 2 is 1.92 bits per heavy atom. The zero-order valence-corrected chi connectivity index (χ0v) is 16.4. The van der Waals surface area contributed by atoms with Gasteiger partial charge in [-0.05, 0) is 53.2 Å². The third-order valence-electron chi connectivity index (χ3n) is 2.72. The van der Waals surface area contributed by atoms with Crippen LogP contribution in [-0.4, -0.2) is 21.1 Å². The van der Waals surface area contributed by atoms with Crippen molar-refractivity contribution in [3.8, 4) is 5.75 Å². The van der Waals surface area contributed by atoms with Crippen LogP contribution in [0, 0.1) is 0 Å². The van der Waals surface area contributed by atoms with E-state index in [1.807, 2.05) is 0 Å². The first kappa shape index (κ1) is 18.8. The van der Waals surface area contributed by atoms with Gasteiger partial charge in [-0.15, -0.1) is 0 Å². The molecule has 0 bridgehead atoms. The number of halogens is 2. The summed E-state index contributed by atoms with van der Waals surface area (Å²) in [4.78, 5) is 11.4. The summed E-state index contributed by atoms with van der Waals surface area (Å²) in [7, 11) is -4.04. The van der Waals surface area contributed by atoms with E-state index in [0.29, 0.717) is 14.6 Å². The van der Waals surface area contributed by atoms with Gasteiger partial charge in [0.05, 0.1) is 6.61 Å². The Labute approximate surface area is 156 Å². The lowest BCUT2D eigenvalue weighted by Crippen LogP contribution is -2.14. The molecule has 0 saturated heterocycles. The van der Waals surface area contributed by atoms with Gasteiger partial charge in [-0.3, -0.25) is 5.32 Å². The standard InChI is InChI=1S/C15H13Br2NO5S/c1-2-22-15(19)18-11-4-3-5-12(9-11)23-24(20,21)14-8-10(16)6-7-13(14)17/h3-9H,2H2,1H3,(H,18,19). The number of carbonyl (C=O) groups excluding carboxylic acids is 1. The molecule has 0 aliphatic rings. The van der Waals surface area contributed by atoms with Gasteiger partial charge in [0.25, 0.3) is 0 Å². The largest absolute Gasteiger partial charge is 0.450 e. The first-order valence-electron chi connectivity index (χ1n) is 6.75. The van der Waals surface area contributed by atoms with Crippen molar-refractivity contribution >= 4 is 53.8 Å². The van der Waals surface area contributed by atoms with E-state index in [0.717, 1.165) is 0 Å². The van der Waals surface area contributed by atoms with Crippen LogP contribution in [0.2, 0.25) is 0 Å². The monoisotopic (exact) mass is 477 g/mol. The van der Waals surface area contributed by atoms with Crippen molar-refractivity contribution in [3.05, 3.63) is 51.4 Å². The predicted molar refractivity (Wildman–Crippen MR) is 96.7 cm³/mol. The van der Waals surface area contributed by atoms with Crippen LogP contribution in [0.1, 0.15) is 6.92 Å². The molecule has 2 rings (SSSR count). The Morgan fingerprint density at radius 3 is 2.62 bits per heavy atom. The summed E-state index contributed by atoms with van der Waals surface area (Å²) in [6, 6.07) is 10.7. The van der Waals surface area contributed by atoms with E-state index in [1.165, 1.54) is 18.2 Å². The third kappa shape index (κ3) is 4.96. The Bertz CT molecular complexity index is 855. The molecule has 1 amide bonds. The number of amides is 1. The molecule has 0 unspecified atom stereocenters. The lowest BCUT2D eigenvalue weighted by atomic mass is 10.3. The van der Waals surface area contributed by atoms with Gasteiger partial charge in [0.15, 0.2) is 0 Å². The Kier molecular flexibility index (Phi) is 6.25. The zero-order valence-electron chi connectivity index (χ0n) is 12.5. The molecule has 24 heavy (non-hydrogen) atoms. The van der Waals surface area contributed by atoms with E-state index >= 15 is 0 Å². The zero-order chi connectivity index (χ0) is 17.7. The Balaban J connectivity index is 2.24. The highest BCUT2D eigenvalue weighted by Crippen LogP contribution is 2.29. The van der Waals surface area contributed by atoms with Crippen LogP contribution in [0.5, 0.6) is 5.75 Å². The summed E-state index contributed by atoms with van der Waals surface area (Å²) < 4.78 is 35.7. The van der Waals surface area contributed by atoms with Crippen molar-refractivity contribution in [2.24, 2.45) is 0 Å². The Morgan fingerprint density at radius 1 is 1.17 bits per heavy atom. The molecule has 9 heteroatoms. The van der Waals surface area contributed by atoms with Crippen molar-refractivity contribution in [1.29, 1.82) is 0 Å². The van der Waals surface area contributed by atoms with Crippen LogP contribution in [0.4, 0.5) is 10.5 Å². The number of ether oxygens (including phenoxy) is 1. The SMILES string of the molecule is CCOC(=O)Nc1cccc(OS(=O)(=O)c2cc(Br)ccc2Br)c1. The van der Waals surface area contributed by atoms with Gasteiger partial charge in [0.2, 0.25) is 0 Å². The van der Waals surface area contributed by atoms with Crippen molar-refractivity contribution in [3.63, 3.8) is 0 Å². The fourth-order valence-corrected chi connectivity index (χ4v) is 4.13. The van der Waals surface area contributed by atoms with E-state index in [4.69, 9.17) is 8.92 Å². The van der Waals surface area contributed by atoms with Crippen LogP contribution >= 0.6 is 31.9 Å². The molecule has 0 spiro atoms. The van der Waals surface area contributed by atoms with Crippen molar-refractivity contribution < 1.29 is 22.1 Å². The van der Waals surface area contributed by atoms with Gasteiger partial charge in [0, 0.05) is 20.7 Å². The molecule has 0 aromatic heterocycles. The van der Waals surface area contributed by atoms with Gasteiger partial charge in [-0.25, -0.2) is 4.79 Å². The van der Waals surface area contributed by atoms with Gasteiger partial charge in [-0.1, -0.05) is 22.0 Å². The summed E-state index contributed by atoms with van der Waals surface area (Å²) in [5, 5.41) is 2.48. The van der Waals surface area contributed by atoms with Crippen molar-refractivity contribution in [1.82, 2.24) is 0 Å². The topological polar surface area (TPSA) is 81.7 Å². The van der Waals surface area contributed by atoms with Crippen molar-refractivity contribution in [2.45, 2.75) is 11.8 Å². The maximum atomic E-state index is 12.4. The molecule has 1 N–H and O–H groups in total. The lowest BCUT2D eigenvalue weighted by Gasteiger charge is -2.10. The van der Waals surface area contributed by atoms with E-state index in [2.05, 4.69) is 37.2 Å². The van der Waals surface area contributed by atoms with Gasteiger partial charge >= 0.3 is 16.2 Å². The second kappa shape index (κ2) is 8.00. The number of hydrogen-bond acceptors (Lipinski definition) is 5. The molecule has 0 aliphatic carbocycles. The van der Waals surface area contributed by atoms with Crippen LogP contribution in [0.15, 0.2) is 56.3 Å². The lowest BCUT2D eigenvalue weighted by molar-refractivity contribution is 0.168. The number of nitrogens with one attached hydrogen (secondary N) is 1. The molecule has 128 valence electrons. The van der Waals surface area contributed by atoms with E-state index < -0.39 is 16.2 Å². The summed E-state index contributed by atoms with van der Waals surface area (Å²) in [6.07, 6.45) is -0.632. The van der Waals surface area contributed by atoms with Crippen LogP contribution in [0.3, 0.4) is 0 Å². The highest BCUT2D eigenvalue weighted by Gasteiger charge is 2.21. The molecule has 0 atom stereocenters. The minimum atomic E-state index is -4.04. The summed E-state index contributed by atoms with van der Waals surface area (Å²) >= 11 is 6.42. The number of rotatable bonds is 5. The minimum Gasteiger partial charge on any atom is -0.450 e. The van der Waals surface area contributed by atoms with Crippen LogP contribution in [0.25, 0.3) is 0 Å². The second-order valence-electron chi connectivity index (χ2n) is 4.49. The van der Waals surface area contributed by atoms with E-state index in [1.54, 1.807) is 31.2 Å². The van der Waals surface area contributed by atoms with E-state index in [-0.39, 0.29) is 17.3 Å². The van der Waals surface area contributed by atoms with Gasteiger partial charge in [-0.2, -0.15) is 8.42 Å². The van der Waals surface area contributed by atoms with Gasteiger partial charge in [0.1, 0.15) is 10.6 Å². The van der Waals surface area contributed by atoms with Crippen molar-refractivity contribution in [2.75, 3.05) is 11.9 Å². The molecule has 2 aromatic carbocycles. The molecule has 0 saturated carbocycles. The second-order valence-corrected chi connectivity index (χ2v) is 7.77. The molecule has 0 radical (unpaired) electrons. The first-order chi connectivity index (χ1) is 11.3. The highest BCUT2D eigenvalue weighted by atomic mass is 79.9. The minimum absolute atomic E-state index is 0.0133.